The molecule has 0 spiro atoms. The SMILES string of the molecule is COC(=O)CCNCc1ccc([N+](=O)[O-])cc1. The van der Waals surface area contributed by atoms with Crippen LogP contribution < -0.4 is 5.32 Å². The zero-order chi connectivity index (χ0) is 12.7. The van der Waals surface area contributed by atoms with Crippen molar-refractivity contribution in [2.75, 3.05) is 13.7 Å². The van der Waals surface area contributed by atoms with Crippen LogP contribution in [-0.2, 0) is 16.1 Å². The standard InChI is InChI=1S/C11H14N2O4/c1-17-11(14)6-7-12-8-9-2-4-10(5-3-9)13(15)16/h2-5,12H,6-8H2,1H3. The van der Waals surface area contributed by atoms with Crippen LogP contribution in [0.15, 0.2) is 24.3 Å². The van der Waals surface area contributed by atoms with Crippen molar-refractivity contribution < 1.29 is 14.5 Å². The Balaban J connectivity index is 2.32. The number of carbonyl (C=O) groups excluding carboxylic acids is 1. The van der Waals surface area contributed by atoms with Crippen molar-refractivity contribution in [2.45, 2.75) is 13.0 Å². The molecule has 0 aliphatic rings. The fourth-order valence-corrected chi connectivity index (χ4v) is 1.26. The lowest BCUT2D eigenvalue weighted by atomic mass is 10.2. The van der Waals surface area contributed by atoms with Gasteiger partial charge in [-0.15, -0.1) is 0 Å². The van der Waals surface area contributed by atoms with Gasteiger partial charge in [0.05, 0.1) is 18.5 Å². The largest absolute Gasteiger partial charge is 0.469 e. The number of nitro benzene ring substituents is 1. The summed E-state index contributed by atoms with van der Waals surface area (Å²) in [6.07, 6.45) is 0.309. The van der Waals surface area contributed by atoms with Crippen molar-refractivity contribution in [3.05, 3.63) is 39.9 Å². The van der Waals surface area contributed by atoms with E-state index in [9.17, 15) is 14.9 Å². The van der Waals surface area contributed by atoms with Crippen molar-refractivity contribution in [2.24, 2.45) is 0 Å². The molecule has 6 heteroatoms. The van der Waals surface area contributed by atoms with Crippen molar-refractivity contribution in [3.63, 3.8) is 0 Å². The van der Waals surface area contributed by atoms with Crippen LogP contribution in [0.3, 0.4) is 0 Å². The van der Waals surface area contributed by atoms with Crippen molar-refractivity contribution in [1.29, 1.82) is 0 Å². The third-order valence-corrected chi connectivity index (χ3v) is 2.21. The Labute approximate surface area is 98.7 Å². The van der Waals surface area contributed by atoms with Gasteiger partial charge in [0.15, 0.2) is 0 Å². The third-order valence-electron chi connectivity index (χ3n) is 2.21. The molecule has 17 heavy (non-hydrogen) atoms. The molecule has 0 aliphatic carbocycles. The van der Waals surface area contributed by atoms with E-state index in [2.05, 4.69) is 10.1 Å². The minimum absolute atomic E-state index is 0.0725. The van der Waals surface area contributed by atoms with E-state index in [1.54, 1.807) is 12.1 Å². The first-order valence-electron chi connectivity index (χ1n) is 5.14. The van der Waals surface area contributed by atoms with Gasteiger partial charge < -0.3 is 10.1 Å². The van der Waals surface area contributed by atoms with Crippen LogP contribution in [0, 0.1) is 10.1 Å². The van der Waals surface area contributed by atoms with Crippen LogP contribution >= 0.6 is 0 Å². The second-order valence-electron chi connectivity index (χ2n) is 3.43. The van der Waals surface area contributed by atoms with E-state index >= 15 is 0 Å². The van der Waals surface area contributed by atoms with Gasteiger partial charge in [0.1, 0.15) is 0 Å². The molecule has 1 aromatic carbocycles. The first kappa shape index (κ1) is 13.1. The lowest BCUT2D eigenvalue weighted by molar-refractivity contribution is -0.384. The normalized spacial score (nSPS) is 9.94. The van der Waals surface area contributed by atoms with Gasteiger partial charge in [-0.25, -0.2) is 0 Å². The minimum Gasteiger partial charge on any atom is -0.469 e. The molecule has 0 bridgehead atoms. The maximum absolute atomic E-state index is 10.8. The van der Waals surface area contributed by atoms with Crippen LogP contribution in [0.1, 0.15) is 12.0 Å². The zero-order valence-corrected chi connectivity index (χ0v) is 9.51. The summed E-state index contributed by atoms with van der Waals surface area (Å²) < 4.78 is 4.49. The molecule has 0 atom stereocenters. The van der Waals surface area contributed by atoms with Crippen LogP contribution in [-0.4, -0.2) is 24.5 Å². The molecule has 1 aromatic rings. The lowest BCUT2D eigenvalue weighted by Gasteiger charge is -2.03. The number of rotatable bonds is 6. The zero-order valence-electron chi connectivity index (χ0n) is 9.51. The molecule has 0 unspecified atom stereocenters. The Morgan fingerprint density at radius 1 is 1.41 bits per heavy atom. The number of hydrogen-bond acceptors (Lipinski definition) is 5. The Kier molecular flexibility index (Phi) is 5.09. The number of nitrogens with one attached hydrogen (secondary N) is 1. The topological polar surface area (TPSA) is 81.5 Å². The van der Waals surface area contributed by atoms with Gasteiger partial charge in [-0.1, -0.05) is 12.1 Å². The highest BCUT2D eigenvalue weighted by molar-refractivity contribution is 5.69. The molecule has 0 saturated heterocycles. The van der Waals surface area contributed by atoms with E-state index in [-0.39, 0.29) is 11.7 Å². The summed E-state index contributed by atoms with van der Waals surface area (Å²) in [4.78, 5) is 20.8. The number of esters is 1. The van der Waals surface area contributed by atoms with Crippen LogP contribution in [0.4, 0.5) is 5.69 Å². The molecule has 92 valence electrons. The van der Waals surface area contributed by atoms with Gasteiger partial charge in [0.2, 0.25) is 0 Å². The number of benzene rings is 1. The number of ether oxygens (including phenoxy) is 1. The third kappa shape index (κ3) is 4.60. The average Bonchev–Trinajstić information content (AvgIpc) is 2.34. The molecule has 0 amide bonds. The van der Waals surface area contributed by atoms with E-state index in [4.69, 9.17) is 0 Å². The van der Waals surface area contributed by atoms with Gasteiger partial charge in [0, 0.05) is 25.2 Å². The van der Waals surface area contributed by atoms with E-state index in [1.165, 1.54) is 19.2 Å². The average molecular weight is 238 g/mol. The van der Waals surface area contributed by atoms with Crippen molar-refractivity contribution in [1.82, 2.24) is 5.32 Å². The number of nitrogens with zero attached hydrogens (tertiary/aromatic N) is 1. The number of hydrogen-bond donors (Lipinski definition) is 1. The van der Waals surface area contributed by atoms with Gasteiger partial charge in [0.25, 0.3) is 5.69 Å². The fourth-order valence-electron chi connectivity index (χ4n) is 1.26. The van der Waals surface area contributed by atoms with Crippen LogP contribution in [0.2, 0.25) is 0 Å². The molecule has 0 heterocycles. The maximum Gasteiger partial charge on any atom is 0.306 e. The molecule has 0 saturated carbocycles. The van der Waals surface area contributed by atoms with Gasteiger partial charge in [-0.05, 0) is 5.56 Å². The summed E-state index contributed by atoms with van der Waals surface area (Å²) >= 11 is 0. The van der Waals surface area contributed by atoms with E-state index in [0.717, 1.165) is 5.56 Å². The summed E-state index contributed by atoms with van der Waals surface area (Å²) in [5.41, 5.74) is 1.00. The predicted octanol–water partition coefficient (Wildman–Crippen LogP) is 1.25. The highest BCUT2D eigenvalue weighted by atomic mass is 16.6. The summed E-state index contributed by atoms with van der Waals surface area (Å²) in [7, 11) is 1.35. The number of carbonyl (C=O) groups is 1. The first-order chi connectivity index (χ1) is 8.13. The Morgan fingerprint density at radius 3 is 2.59 bits per heavy atom. The highest BCUT2D eigenvalue weighted by Crippen LogP contribution is 2.11. The molecule has 1 rings (SSSR count). The smallest absolute Gasteiger partial charge is 0.306 e. The van der Waals surface area contributed by atoms with Gasteiger partial charge >= 0.3 is 5.97 Å². The van der Waals surface area contributed by atoms with Crippen molar-refractivity contribution in [3.8, 4) is 0 Å². The molecular weight excluding hydrogens is 224 g/mol. The molecule has 0 aliphatic heterocycles. The first-order valence-corrected chi connectivity index (χ1v) is 5.14. The quantitative estimate of drug-likeness (QED) is 0.349. The molecule has 6 nitrogen and oxygen atoms in total. The number of nitro groups is 1. The number of non-ortho nitro benzene ring substituents is 1. The molecule has 1 N–H and O–H groups in total. The minimum atomic E-state index is -0.436. The Morgan fingerprint density at radius 2 is 2.06 bits per heavy atom. The molecule has 0 aromatic heterocycles. The van der Waals surface area contributed by atoms with E-state index < -0.39 is 4.92 Å². The van der Waals surface area contributed by atoms with Gasteiger partial charge in [-0.3, -0.25) is 14.9 Å². The van der Waals surface area contributed by atoms with Crippen LogP contribution in [0.25, 0.3) is 0 Å². The Bertz CT molecular complexity index is 389. The Hall–Kier alpha value is -1.95. The summed E-state index contributed by atoms with van der Waals surface area (Å²) in [6, 6.07) is 6.28. The van der Waals surface area contributed by atoms with E-state index in [1.807, 2.05) is 0 Å². The number of methoxy groups -OCH3 is 1. The second kappa shape index (κ2) is 6.59. The summed E-state index contributed by atoms with van der Waals surface area (Å²) in [6.45, 7) is 1.08. The van der Waals surface area contributed by atoms with Crippen molar-refractivity contribution >= 4 is 11.7 Å². The lowest BCUT2D eigenvalue weighted by Crippen LogP contribution is -2.18. The predicted molar refractivity (Wildman–Crippen MR) is 61.4 cm³/mol. The highest BCUT2D eigenvalue weighted by Gasteiger charge is 2.03. The molecular formula is C11H14N2O4. The fraction of sp³-hybridized carbons (Fsp3) is 0.364. The monoisotopic (exact) mass is 238 g/mol. The maximum atomic E-state index is 10.8. The molecule has 0 fully saturated rings. The summed E-state index contributed by atoms with van der Waals surface area (Å²) in [5, 5.41) is 13.5. The van der Waals surface area contributed by atoms with E-state index in [0.29, 0.717) is 19.5 Å². The summed E-state index contributed by atoms with van der Waals surface area (Å²) in [5.74, 6) is -0.263. The van der Waals surface area contributed by atoms with Crippen LogP contribution in [0.5, 0.6) is 0 Å². The molecule has 0 radical (unpaired) electrons. The second-order valence-corrected chi connectivity index (χ2v) is 3.43. The van der Waals surface area contributed by atoms with Gasteiger partial charge in [-0.2, -0.15) is 0 Å².